The van der Waals surface area contributed by atoms with E-state index in [9.17, 15) is 8.78 Å². The van der Waals surface area contributed by atoms with Crippen LogP contribution in [0.5, 0.6) is 0 Å². The van der Waals surface area contributed by atoms with E-state index >= 15 is 0 Å². The summed E-state index contributed by atoms with van der Waals surface area (Å²) in [5.41, 5.74) is 0. The maximum Gasteiger partial charge on any atom is 0.180 e. The van der Waals surface area contributed by atoms with Crippen molar-refractivity contribution in [2.24, 2.45) is 0 Å². The van der Waals surface area contributed by atoms with Crippen molar-refractivity contribution in [3.8, 4) is 0 Å². The first-order valence-corrected chi connectivity index (χ1v) is 3.97. The van der Waals surface area contributed by atoms with Crippen molar-refractivity contribution in [3.63, 3.8) is 0 Å². The number of nitrogens with zero attached hydrogens (tertiary/aromatic N) is 3. The molecule has 0 spiro atoms. The Morgan fingerprint density at radius 1 is 1.50 bits per heavy atom. The van der Waals surface area contributed by atoms with Crippen LogP contribution >= 0.6 is 0 Å². The summed E-state index contributed by atoms with van der Waals surface area (Å²) >= 11 is 0. The van der Waals surface area contributed by atoms with Gasteiger partial charge in [-0.05, 0) is 18.2 Å². The minimum absolute atomic E-state index is 0.601. The highest BCUT2D eigenvalue weighted by Gasteiger charge is 2.23. The first-order chi connectivity index (χ1) is 6.75. The summed E-state index contributed by atoms with van der Waals surface area (Å²) in [7, 11) is 0. The van der Waals surface area contributed by atoms with Gasteiger partial charge in [-0.2, -0.15) is 0 Å². The molecule has 1 aliphatic rings. The normalized spacial score (nSPS) is 26.0. The van der Waals surface area contributed by atoms with Crippen LogP contribution < -0.4 is 4.84 Å². The van der Waals surface area contributed by atoms with Crippen molar-refractivity contribution in [1.29, 1.82) is 0 Å². The van der Waals surface area contributed by atoms with Crippen LogP contribution in [0.1, 0.15) is 0 Å². The molecule has 1 aromatic rings. The molecule has 1 aliphatic carbocycles. The molecule has 1 heterocycles. The van der Waals surface area contributed by atoms with Crippen LogP contribution in [0.4, 0.5) is 8.78 Å². The van der Waals surface area contributed by atoms with Gasteiger partial charge in [0.2, 0.25) is 0 Å². The van der Waals surface area contributed by atoms with Gasteiger partial charge in [0.25, 0.3) is 0 Å². The van der Waals surface area contributed by atoms with Crippen molar-refractivity contribution in [2.75, 3.05) is 0 Å². The Morgan fingerprint density at radius 3 is 3.00 bits per heavy atom. The van der Waals surface area contributed by atoms with Crippen LogP contribution in [0, 0.1) is 0 Å². The zero-order valence-corrected chi connectivity index (χ0v) is 7.05. The molecule has 0 aliphatic heterocycles. The molecule has 0 saturated carbocycles. The van der Waals surface area contributed by atoms with E-state index in [1.54, 1.807) is 0 Å². The molecule has 2 rings (SSSR count). The average Bonchev–Trinajstić information content (AvgIpc) is 2.62. The first kappa shape index (κ1) is 8.86. The van der Waals surface area contributed by atoms with E-state index in [1.165, 1.54) is 18.7 Å². The lowest BCUT2D eigenvalue weighted by Gasteiger charge is -2.18. The van der Waals surface area contributed by atoms with Gasteiger partial charge >= 0.3 is 0 Å². The van der Waals surface area contributed by atoms with E-state index in [2.05, 4.69) is 10.1 Å². The molecular weight excluding hydrogens is 192 g/mol. The van der Waals surface area contributed by atoms with Gasteiger partial charge in [-0.1, -0.05) is 4.85 Å². The van der Waals surface area contributed by atoms with Gasteiger partial charge in [0.05, 0.1) is 0 Å². The molecule has 14 heavy (non-hydrogen) atoms. The Hall–Kier alpha value is -1.72. The molecule has 1 aromatic heterocycles. The second-order valence-electron chi connectivity index (χ2n) is 2.72. The number of rotatable bonds is 2. The van der Waals surface area contributed by atoms with Gasteiger partial charge in [-0.15, -0.1) is 5.10 Å². The quantitative estimate of drug-likeness (QED) is 0.708. The molecule has 0 N–H and O–H groups in total. The van der Waals surface area contributed by atoms with Crippen molar-refractivity contribution in [2.45, 2.75) is 12.3 Å². The third kappa shape index (κ3) is 1.78. The number of hydrogen-bond donors (Lipinski definition) is 0. The number of allylic oxidation sites excluding steroid dienone is 2. The summed E-state index contributed by atoms with van der Waals surface area (Å²) in [5.74, 6) is -0.601. The number of aromatic nitrogens is 3. The molecule has 2 unspecified atom stereocenters. The Bertz CT molecular complexity index is 361. The van der Waals surface area contributed by atoms with Crippen molar-refractivity contribution >= 4 is 0 Å². The van der Waals surface area contributed by atoms with E-state index in [0.717, 1.165) is 17.0 Å². The van der Waals surface area contributed by atoms with Gasteiger partial charge in [0, 0.05) is 0 Å². The molecule has 4 nitrogen and oxygen atoms in total. The van der Waals surface area contributed by atoms with Crippen LogP contribution in [-0.2, 0) is 0 Å². The second kappa shape index (κ2) is 3.57. The number of halogens is 2. The molecule has 74 valence electrons. The minimum Gasteiger partial charge on any atom is -0.384 e. The maximum atomic E-state index is 13.1. The van der Waals surface area contributed by atoms with Gasteiger partial charge in [0.15, 0.2) is 18.6 Å². The van der Waals surface area contributed by atoms with Crippen molar-refractivity contribution < 1.29 is 13.6 Å². The average molecular weight is 199 g/mol. The van der Waals surface area contributed by atoms with Gasteiger partial charge < -0.3 is 4.84 Å². The molecule has 0 fully saturated rings. The maximum absolute atomic E-state index is 13.1. The molecule has 0 amide bonds. The Morgan fingerprint density at radius 2 is 2.36 bits per heavy atom. The van der Waals surface area contributed by atoms with Crippen molar-refractivity contribution in [3.05, 3.63) is 36.7 Å². The fourth-order valence-corrected chi connectivity index (χ4v) is 1.07. The van der Waals surface area contributed by atoms with Gasteiger partial charge in [-0.3, -0.25) is 0 Å². The van der Waals surface area contributed by atoms with Crippen molar-refractivity contribution in [1.82, 2.24) is 14.9 Å². The molecule has 0 aromatic carbocycles. The Kier molecular flexibility index (Phi) is 2.26. The van der Waals surface area contributed by atoms with Crippen LogP contribution in [-0.4, -0.2) is 27.2 Å². The highest BCUT2D eigenvalue weighted by Crippen LogP contribution is 2.15. The molecular formula is C8H7F2N3O. The third-order valence-electron chi connectivity index (χ3n) is 1.70. The highest BCUT2D eigenvalue weighted by molar-refractivity contribution is 5.22. The summed E-state index contributed by atoms with van der Waals surface area (Å²) in [6.07, 6.45) is 3.47. The third-order valence-corrected chi connectivity index (χ3v) is 1.70. The van der Waals surface area contributed by atoms with E-state index in [4.69, 9.17) is 4.84 Å². The summed E-state index contributed by atoms with van der Waals surface area (Å²) < 4.78 is 25.7. The first-order valence-electron chi connectivity index (χ1n) is 3.97. The summed E-state index contributed by atoms with van der Waals surface area (Å²) in [5, 5.41) is 3.63. The monoisotopic (exact) mass is 199 g/mol. The lowest BCUT2D eigenvalue weighted by atomic mass is 10.1. The molecule has 0 radical (unpaired) electrons. The summed E-state index contributed by atoms with van der Waals surface area (Å²) in [6.45, 7) is 0. The fraction of sp³-hybridized carbons (Fsp3) is 0.250. The Balaban J connectivity index is 2.04. The van der Waals surface area contributed by atoms with E-state index in [1.807, 2.05) is 0 Å². The summed E-state index contributed by atoms with van der Waals surface area (Å²) in [6, 6.07) is 0. The van der Waals surface area contributed by atoms with Crippen LogP contribution in [0.2, 0.25) is 0 Å². The zero-order chi connectivity index (χ0) is 9.97. The zero-order valence-electron chi connectivity index (χ0n) is 7.05. The van der Waals surface area contributed by atoms with E-state index in [-0.39, 0.29) is 0 Å². The van der Waals surface area contributed by atoms with Crippen LogP contribution in [0.15, 0.2) is 36.7 Å². The predicted octanol–water partition coefficient (Wildman–Crippen LogP) is 0.837. The smallest absolute Gasteiger partial charge is 0.180 e. The lowest BCUT2D eigenvalue weighted by Crippen LogP contribution is -2.32. The largest absolute Gasteiger partial charge is 0.384 e. The molecule has 2 atom stereocenters. The molecule has 0 bridgehead atoms. The number of hydrogen-bond acceptors (Lipinski definition) is 3. The fourth-order valence-electron chi connectivity index (χ4n) is 1.07. The Labute approximate surface area is 78.5 Å². The lowest BCUT2D eigenvalue weighted by molar-refractivity contribution is 0.00827. The van der Waals surface area contributed by atoms with E-state index in [0.29, 0.717) is 0 Å². The van der Waals surface area contributed by atoms with E-state index < -0.39 is 18.1 Å². The molecule has 0 saturated heterocycles. The van der Waals surface area contributed by atoms with Crippen LogP contribution in [0.3, 0.4) is 0 Å². The van der Waals surface area contributed by atoms with Gasteiger partial charge in [0.1, 0.15) is 12.2 Å². The molecule has 6 heteroatoms. The highest BCUT2D eigenvalue weighted by atomic mass is 19.1. The number of alkyl halides is 1. The summed E-state index contributed by atoms with van der Waals surface area (Å²) in [4.78, 5) is 9.67. The minimum atomic E-state index is -1.51. The van der Waals surface area contributed by atoms with Crippen LogP contribution in [0.25, 0.3) is 0 Å². The predicted molar refractivity (Wildman–Crippen MR) is 43.6 cm³/mol. The second-order valence-corrected chi connectivity index (χ2v) is 2.72. The standard InChI is InChI=1S/C8H7F2N3O/c9-6-1-2-8(7(10)3-6)14-13-5-11-4-12-13/h1-5,7-8H. The topological polar surface area (TPSA) is 39.9 Å². The van der Waals surface area contributed by atoms with Gasteiger partial charge in [-0.25, -0.2) is 13.8 Å². The SMILES string of the molecule is FC1=CC(F)C(On2cncn2)C=C1.